The van der Waals surface area contributed by atoms with Gasteiger partial charge in [0.2, 0.25) is 5.91 Å². The number of nitrogens with zero attached hydrogens (tertiary/aromatic N) is 2. The van der Waals surface area contributed by atoms with E-state index in [9.17, 15) is 14.3 Å². The second-order valence-corrected chi connectivity index (χ2v) is 8.04. The molecule has 176 valence electrons. The maximum atomic E-state index is 13.3. The number of aryl methyl sites for hydroxylation is 1. The van der Waals surface area contributed by atoms with Crippen LogP contribution in [0.5, 0.6) is 11.5 Å². The lowest BCUT2D eigenvalue weighted by molar-refractivity contribution is -0.125. The van der Waals surface area contributed by atoms with Gasteiger partial charge in [0.25, 0.3) is 0 Å². The predicted molar refractivity (Wildman–Crippen MR) is 127 cm³/mol. The van der Waals surface area contributed by atoms with E-state index in [2.05, 4.69) is 10.4 Å². The maximum absolute atomic E-state index is 13.3. The van der Waals surface area contributed by atoms with Crippen LogP contribution in [0.1, 0.15) is 24.2 Å². The molecule has 0 bridgehead atoms. The van der Waals surface area contributed by atoms with Crippen LogP contribution in [0.2, 0.25) is 0 Å². The van der Waals surface area contributed by atoms with Gasteiger partial charge >= 0.3 is 0 Å². The Kier molecular flexibility index (Phi) is 6.79. The van der Waals surface area contributed by atoms with Gasteiger partial charge in [0.15, 0.2) is 0 Å². The average Bonchev–Trinajstić information content (AvgIpc) is 3.25. The molecule has 1 heterocycles. The van der Waals surface area contributed by atoms with Gasteiger partial charge in [-0.15, -0.1) is 0 Å². The van der Waals surface area contributed by atoms with E-state index in [1.165, 1.54) is 12.1 Å². The minimum absolute atomic E-state index is 0.307. The molecule has 3 aromatic carbocycles. The van der Waals surface area contributed by atoms with Crippen molar-refractivity contribution in [2.24, 2.45) is 0 Å². The molecule has 8 heteroatoms. The Morgan fingerprint density at radius 3 is 2.65 bits per heavy atom. The summed E-state index contributed by atoms with van der Waals surface area (Å²) in [5.74, 6) is 0.499. The molecule has 7 nitrogen and oxygen atoms in total. The lowest BCUT2D eigenvalue weighted by Crippen LogP contribution is -2.40. The van der Waals surface area contributed by atoms with Gasteiger partial charge in [-0.3, -0.25) is 4.79 Å². The monoisotopic (exact) mass is 463 g/mol. The highest BCUT2D eigenvalue weighted by Crippen LogP contribution is 2.33. The number of aliphatic hydroxyl groups excluding tert-OH is 1. The molecule has 0 aliphatic rings. The lowest BCUT2D eigenvalue weighted by Gasteiger charge is -2.27. The van der Waals surface area contributed by atoms with E-state index in [1.54, 1.807) is 30.1 Å². The van der Waals surface area contributed by atoms with Crippen LogP contribution in [-0.4, -0.2) is 40.6 Å². The van der Waals surface area contributed by atoms with Crippen LogP contribution < -0.4 is 14.8 Å². The van der Waals surface area contributed by atoms with Crippen molar-refractivity contribution in [1.29, 1.82) is 0 Å². The van der Waals surface area contributed by atoms with Gasteiger partial charge in [0.1, 0.15) is 30.0 Å². The third-order valence-corrected chi connectivity index (χ3v) is 5.60. The first-order valence-corrected chi connectivity index (χ1v) is 10.8. The van der Waals surface area contributed by atoms with Crippen molar-refractivity contribution in [3.8, 4) is 17.2 Å². The van der Waals surface area contributed by atoms with Crippen LogP contribution in [0, 0.1) is 12.7 Å². The zero-order valence-electron chi connectivity index (χ0n) is 19.2. The van der Waals surface area contributed by atoms with Gasteiger partial charge in [-0.25, -0.2) is 9.07 Å². The molecule has 34 heavy (non-hydrogen) atoms. The molecule has 0 fully saturated rings. The standard InChI is InChI=1S/C26H26FN3O4/c1-16-11-23-19(14-28-30(23)21-9-7-20(27)8-10-21)13-24(16)34-26(17(2)29-25(32)15-31)18-5-4-6-22(12-18)33-3/h4-14,17,26,31H,15H2,1-3H3,(H,29,32)/t17-,26-/m0/s1. The number of nitrogens with one attached hydrogen (secondary N) is 1. The molecule has 0 radical (unpaired) electrons. The Hall–Kier alpha value is -3.91. The highest BCUT2D eigenvalue weighted by atomic mass is 19.1. The zero-order valence-corrected chi connectivity index (χ0v) is 19.2. The molecule has 1 amide bonds. The van der Waals surface area contributed by atoms with Gasteiger partial charge < -0.3 is 19.9 Å². The number of carbonyl (C=O) groups excluding carboxylic acids is 1. The molecular weight excluding hydrogens is 437 g/mol. The number of carbonyl (C=O) groups is 1. The Labute approximate surface area is 196 Å². The molecule has 4 aromatic rings. The summed E-state index contributed by atoms with van der Waals surface area (Å²) in [6.07, 6.45) is 1.18. The second kappa shape index (κ2) is 9.93. The quantitative estimate of drug-likeness (QED) is 0.411. The summed E-state index contributed by atoms with van der Waals surface area (Å²) in [7, 11) is 1.59. The molecule has 0 spiro atoms. The molecule has 0 unspecified atom stereocenters. The number of hydrogen-bond acceptors (Lipinski definition) is 5. The summed E-state index contributed by atoms with van der Waals surface area (Å²) in [5, 5.41) is 17.3. The summed E-state index contributed by atoms with van der Waals surface area (Å²) in [6, 6.07) is 17.0. The zero-order chi connectivity index (χ0) is 24.2. The lowest BCUT2D eigenvalue weighted by atomic mass is 10.0. The van der Waals surface area contributed by atoms with E-state index in [0.717, 1.165) is 27.7 Å². The number of amides is 1. The molecule has 2 N–H and O–H groups in total. The highest BCUT2D eigenvalue weighted by Gasteiger charge is 2.24. The summed E-state index contributed by atoms with van der Waals surface area (Å²) in [4.78, 5) is 11.9. The first kappa shape index (κ1) is 23.3. The van der Waals surface area contributed by atoms with Crippen LogP contribution in [-0.2, 0) is 4.79 Å². The van der Waals surface area contributed by atoms with E-state index in [1.807, 2.05) is 50.2 Å². The van der Waals surface area contributed by atoms with Gasteiger partial charge in [-0.2, -0.15) is 5.10 Å². The van der Waals surface area contributed by atoms with Gasteiger partial charge in [-0.1, -0.05) is 12.1 Å². The Morgan fingerprint density at radius 1 is 1.18 bits per heavy atom. The second-order valence-electron chi connectivity index (χ2n) is 8.04. The summed E-state index contributed by atoms with van der Waals surface area (Å²) in [5.41, 5.74) is 3.28. The molecule has 4 rings (SSSR count). The number of rotatable bonds is 8. The van der Waals surface area contributed by atoms with E-state index in [4.69, 9.17) is 9.47 Å². The summed E-state index contributed by atoms with van der Waals surface area (Å²) >= 11 is 0. The molecule has 2 atom stereocenters. The molecular formula is C26H26FN3O4. The van der Waals surface area contributed by atoms with E-state index >= 15 is 0 Å². The third-order valence-electron chi connectivity index (χ3n) is 5.60. The van der Waals surface area contributed by atoms with Gasteiger partial charge in [0, 0.05) is 5.39 Å². The van der Waals surface area contributed by atoms with Crippen LogP contribution in [0.3, 0.4) is 0 Å². The van der Waals surface area contributed by atoms with Gasteiger partial charge in [-0.05, 0) is 73.5 Å². The topological polar surface area (TPSA) is 85.6 Å². The normalized spacial score (nSPS) is 12.9. The largest absolute Gasteiger partial charge is 0.497 e. The van der Waals surface area contributed by atoms with Gasteiger partial charge in [0.05, 0.1) is 30.6 Å². The highest BCUT2D eigenvalue weighted by molar-refractivity contribution is 5.83. The SMILES string of the molecule is COc1cccc([C@@H](Oc2cc3cnn(-c4ccc(F)cc4)c3cc2C)[C@H](C)NC(=O)CO)c1. The Bertz CT molecular complexity index is 1300. The molecule has 1 aromatic heterocycles. The number of ether oxygens (including phenoxy) is 2. The number of methoxy groups -OCH3 is 1. The number of aromatic nitrogens is 2. The van der Waals surface area contributed by atoms with Crippen molar-refractivity contribution in [2.45, 2.75) is 26.0 Å². The van der Waals surface area contributed by atoms with E-state index in [0.29, 0.717) is 11.5 Å². The fourth-order valence-corrected chi connectivity index (χ4v) is 3.86. The van der Waals surface area contributed by atoms with Crippen LogP contribution in [0.4, 0.5) is 4.39 Å². The number of hydrogen-bond donors (Lipinski definition) is 2. The number of benzene rings is 3. The molecule has 0 saturated heterocycles. The third kappa shape index (κ3) is 4.87. The van der Waals surface area contributed by atoms with Crippen LogP contribution in [0.25, 0.3) is 16.6 Å². The fourth-order valence-electron chi connectivity index (χ4n) is 3.86. The number of halogens is 1. The number of fused-ring (bicyclic) bond motifs is 1. The van der Waals surface area contributed by atoms with Crippen molar-refractivity contribution in [3.63, 3.8) is 0 Å². The first-order chi connectivity index (χ1) is 16.4. The molecule has 0 saturated carbocycles. The maximum Gasteiger partial charge on any atom is 0.246 e. The van der Waals surface area contributed by atoms with Crippen molar-refractivity contribution in [3.05, 3.63) is 83.8 Å². The Balaban J connectivity index is 1.70. The van der Waals surface area contributed by atoms with Crippen LogP contribution in [0.15, 0.2) is 66.9 Å². The van der Waals surface area contributed by atoms with Crippen molar-refractivity contribution >= 4 is 16.8 Å². The van der Waals surface area contributed by atoms with Crippen molar-refractivity contribution in [2.75, 3.05) is 13.7 Å². The molecule has 0 aliphatic carbocycles. The first-order valence-electron chi connectivity index (χ1n) is 10.8. The minimum atomic E-state index is -0.608. The van der Waals surface area contributed by atoms with E-state index in [-0.39, 0.29) is 5.82 Å². The summed E-state index contributed by atoms with van der Waals surface area (Å²) < 4.78 is 26.9. The number of aliphatic hydroxyl groups is 1. The van der Waals surface area contributed by atoms with Crippen molar-refractivity contribution < 1.29 is 23.8 Å². The Morgan fingerprint density at radius 2 is 1.94 bits per heavy atom. The average molecular weight is 464 g/mol. The smallest absolute Gasteiger partial charge is 0.246 e. The summed E-state index contributed by atoms with van der Waals surface area (Å²) in [6.45, 7) is 3.14. The van der Waals surface area contributed by atoms with E-state index < -0.39 is 24.7 Å². The van der Waals surface area contributed by atoms with Crippen LogP contribution >= 0.6 is 0 Å². The predicted octanol–water partition coefficient (Wildman–Crippen LogP) is 4.10. The van der Waals surface area contributed by atoms with Crippen molar-refractivity contribution in [1.82, 2.24) is 15.1 Å². The fraction of sp³-hybridized carbons (Fsp3) is 0.231. The molecule has 0 aliphatic heterocycles. The minimum Gasteiger partial charge on any atom is -0.497 e.